The Morgan fingerprint density at radius 1 is 1.20 bits per heavy atom. The summed E-state index contributed by atoms with van der Waals surface area (Å²) in [7, 11) is 1.31. The second-order valence-electron chi connectivity index (χ2n) is 2.32. The standard InChI is InChI=1S/C5H3N5O5/c1-13-5-3(7-15-9-5)2-4(10(11)12)8-14-6-2/h1H3. The summed E-state index contributed by atoms with van der Waals surface area (Å²) in [5.41, 5.74) is -0.233. The third-order valence-corrected chi connectivity index (χ3v) is 1.52. The molecule has 0 atom stereocenters. The number of methoxy groups -OCH3 is 1. The predicted octanol–water partition coefficient (Wildman–Crippen LogP) is 0.0364. The molecule has 2 aromatic heterocycles. The van der Waals surface area contributed by atoms with E-state index in [4.69, 9.17) is 4.74 Å². The topological polar surface area (TPSA) is 130 Å². The predicted molar refractivity (Wildman–Crippen MR) is 40.8 cm³/mol. The zero-order valence-electron chi connectivity index (χ0n) is 7.28. The van der Waals surface area contributed by atoms with Gasteiger partial charge < -0.3 is 14.9 Å². The molecule has 2 aromatic rings. The van der Waals surface area contributed by atoms with E-state index in [0.717, 1.165) is 0 Å². The Hall–Kier alpha value is -2.52. The van der Waals surface area contributed by atoms with Crippen LogP contribution in [0.5, 0.6) is 5.88 Å². The van der Waals surface area contributed by atoms with Crippen LogP contribution < -0.4 is 4.74 Å². The Morgan fingerprint density at radius 2 is 1.87 bits per heavy atom. The van der Waals surface area contributed by atoms with Crippen molar-refractivity contribution in [2.45, 2.75) is 0 Å². The van der Waals surface area contributed by atoms with Gasteiger partial charge in [-0.25, -0.2) is 4.63 Å². The fourth-order valence-corrected chi connectivity index (χ4v) is 0.912. The maximum Gasteiger partial charge on any atom is 0.444 e. The van der Waals surface area contributed by atoms with Crippen LogP contribution in [0.3, 0.4) is 0 Å². The SMILES string of the molecule is COc1nonc1-c1nonc1[N+](=O)[O-]. The molecule has 0 bridgehead atoms. The molecule has 15 heavy (non-hydrogen) atoms. The van der Waals surface area contributed by atoms with Gasteiger partial charge in [-0.05, 0) is 20.4 Å². The minimum atomic E-state index is -0.764. The average Bonchev–Trinajstić information content (AvgIpc) is 2.85. The summed E-state index contributed by atoms with van der Waals surface area (Å²) >= 11 is 0. The smallest absolute Gasteiger partial charge is 0.444 e. The quantitative estimate of drug-likeness (QED) is 0.511. The first kappa shape index (κ1) is 9.05. The zero-order valence-corrected chi connectivity index (χ0v) is 7.28. The first-order valence-electron chi connectivity index (χ1n) is 3.58. The van der Waals surface area contributed by atoms with Crippen LogP contribution in [0.15, 0.2) is 9.26 Å². The Kier molecular flexibility index (Phi) is 2.00. The van der Waals surface area contributed by atoms with E-state index in [-0.39, 0.29) is 17.3 Å². The van der Waals surface area contributed by atoms with Crippen molar-refractivity contribution in [1.82, 2.24) is 20.6 Å². The lowest BCUT2D eigenvalue weighted by Gasteiger charge is -1.91. The highest BCUT2D eigenvalue weighted by Gasteiger charge is 2.30. The molecule has 2 rings (SSSR count). The Morgan fingerprint density at radius 3 is 2.53 bits per heavy atom. The highest BCUT2D eigenvalue weighted by Crippen LogP contribution is 2.30. The molecule has 0 radical (unpaired) electrons. The van der Waals surface area contributed by atoms with E-state index in [9.17, 15) is 10.1 Å². The van der Waals surface area contributed by atoms with Crippen LogP contribution in [0.2, 0.25) is 0 Å². The molecule has 0 aliphatic heterocycles. The van der Waals surface area contributed by atoms with E-state index in [2.05, 4.69) is 29.9 Å². The van der Waals surface area contributed by atoms with Gasteiger partial charge in [0.2, 0.25) is 11.4 Å². The Balaban J connectivity index is 2.54. The van der Waals surface area contributed by atoms with Gasteiger partial charge in [0.15, 0.2) is 5.16 Å². The van der Waals surface area contributed by atoms with Crippen LogP contribution in [0.1, 0.15) is 0 Å². The van der Waals surface area contributed by atoms with Gasteiger partial charge in [0.05, 0.1) is 7.11 Å². The Bertz CT molecular complexity index is 489. The van der Waals surface area contributed by atoms with Crippen molar-refractivity contribution in [3.05, 3.63) is 10.1 Å². The zero-order chi connectivity index (χ0) is 10.8. The lowest BCUT2D eigenvalue weighted by molar-refractivity contribution is -0.390. The first-order chi connectivity index (χ1) is 7.24. The van der Waals surface area contributed by atoms with Crippen molar-refractivity contribution in [1.29, 1.82) is 0 Å². The van der Waals surface area contributed by atoms with Gasteiger partial charge in [0.25, 0.3) is 5.88 Å². The summed E-state index contributed by atoms with van der Waals surface area (Å²) in [6, 6.07) is 0. The van der Waals surface area contributed by atoms with Crippen LogP contribution in [-0.2, 0) is 0 Å². The first-order valence-corrected chi connectivity index (χ1v) is 3.58. The summed E-state index contributed by atoms with van der Waals surface area (Å²) in [5.74, 6) is -0.613. The molecule has 2 heterocycles. The lowest BCUT2D eigenvalue weighted by Crippen LogP contribution is -1.93. The molecule has 10 nitrogen and oxygen atoms in total. The normalized spacial score (nSPS) is 10.2. The maximum absolute atomic E-state index is 10.5. The van der Waals surface area contributed by atoms with Crippen molar-refractivity contribution in [3.8, 4) is 17.3 Å². The molecule has 0 unspecified atom stereocenters. The number of hydrogen-bond donors (Lipinski definition) is 0. The molecule has 0 aliphatic carbocycles. The second-order valence-corrected chi connectivity index (χ2v) is 2.32. The van der Waals surface area contributed by atoms with Gasteiger partial charge in [-0.1, -0.05) is 0 Å². The van der Waals surface area contributed by atoms with Crippen LogP contribution in [-0.4, -0.2) is 32.7 Å². The molecular formula is C5H3N5O5. The minimum Gasteiger partial charge on any atom is -0.477 e. The van der Waals surface area contributed by atoms with Crippen LogP contribution in [0, 0.1) is 10.1 Å². The van der Waals surface area contributed by atoms with Crippen molar-refractivity contribution < 1.29 is 18.9 Å². The summed E-state index contributed by atoms with van der Waals surface area (Å²) in [5, 5.41) is 23.7. The van der Waals surface area contributed by atoms with Gasteiger partial charge in [0, 0.05) is 0 Å². The summed E-state index contributed by atoms with van der Waals surface area (Å²) in [4.78, 5) is 9.74. The highest BCUT2D eigenvalue weighted by atomic mass is 16.6. The number of ether oxygens (including phenoxy) is 1. The molecule has 0 fully saturated rings. The van der Waals surface area contributed by atoms with Gasteiger partial charge in [0.1, 0.15) is 0 Å². The van der Waals surface area contributed by atoms with Crippen molar-refractivity contribution in [2.75, 3.05) is 7.11 Å². The van der Waals surface area contributed by atoms with Crippen LogP contribution in [0.25, 0.3) is 11.4 Å². The van der Waals surface area contributed by atoms with Gasteiger partial charge in [-0.15, -0.1) is 4.63 Å². The number of hydrogen-bond acceptors (Lipinski definition) is 9. The van der Waals surface area contributed by atoms with E-state index in [1.54, 1.807) is 0 Å². The lowest BCUT2D eigenvalue weighted by atomic mass is 10.3. The molecular weight excluding hydrogens is 210 g/mol. The number of rotatable bonds is 3. The van der Waals surface area contributed by atoms with Crippen molar-refractivity contribution in [2.24, 2.45) is 0 Å². The Labute approximate surface area is 80.9 Å². The second kappa shape index (κ2) is 3.32. The molecule has 0 amide bonds. The molecule has 0 saturated carbocycles. The van der Waals surface area contributed by atoms with Gasteiger partial charge >= 0.3 is 5.82 Å². The molecule has 0 N–H and O–H groups in total. The molecule has 0 aromatic carbocycles. The fourth-order valence-electron chi connectivity index (χ4n) is 0.912. The number of nitro groups is 1. The minimum absolute atomic E-state index is 0.0335. The highest BCUT2D eigenvalue weighted by molar-refractivity contribution is 5.65. The van der Waals surface area contributed by atoms with Crippen molar-refractivity contribution in [3.63, 3.8) is 0 Å². The maximum atomic E-state index is 10.5. The van der Waals surface area contributed by atoms with E-state index in [1.165, 1.54) is 7.11 Å². The van der Waals surface area contributed by atoms with E-state index < -0.39 is 10.7 Å². The summed E-state index contributed by atoms with van der Waals surface area (Å²) < 4.78 is 13.3. The van der Waals surface area contributed by atoms with E-state index in [0.29, 0.717) is 0 Å². The molecule has 0 saturated heterocycles. The van der Waals surface area contributed by atoms with Crippen molar-refractivity contribution >= 4 is 5.82 Å². The average molecular weight is 213 g/mol. The molecule has 10 heteroatoms. The summed E-state index contributed by atoms with van der Waals surface area (Å²) in [6.07, 6.45) is 0. The van der Waals surface area contributed by atoms with Crippen LogP contribution >= 0.6 is 0 Å². The number of aromatic nitrogens is 4. The largest absolute Gasteiger partial charge is 0.477 e. The molecule has 0 aliphatic rings. The van der Waals surface area contributed by atoms with E-state index >= 15 is 0 Å². The molecule has 78 valence electrons. The third-order valence-electron chi connectivity index (χ3n) is 1.52. The summed E-state index contributed by atoms with van der Waals surface area (Å²) in [6.45, 7) is 0. The molecule has 0 spiro atoms. The number of nitrogens with zero attached hydrogens (tertiary/aromatic N) is 5. The van der Waals surface area contributed by atoms with Gasteiger partial charge in [-0.2, -0.15) is 0 Å². The fraction of sp³-hybridized carbons (Fsp3) is 0.200. The van der Waals surface area contributed by atoms with E-state index in [1.807, 2.05) is 0 Å². The monoisotopic (exact) mass is 213 g/mol. The van der Waals surface area contributed by atoms with Gasteiger partial charge in [-0.3, -0.25) is 0 Å². The van der Waals surface area contributed by atoms with Crippen LogP contribution in [0.4, 0.5) is 5.82 Å². The third kappa shape index (κ3) is 1.37.